The predicted octanol–water partition coefficient (Wildman–Crippen LogP) is 1.29. The molecular weight excluding hydrogens is 224 g/mol. The van der Waals surface area contributed by atoms with E-state index in [9.17, 15) is 18.9 Å². The normalized spacial score (nSPS) is 10.2. The zero-order chi connectivity index (χ0) is 12.3. The van der Waals surface area contributed by atoms with Gasteiger partial charge < -0.3 is 15.2 Å². The van der Waals surface area contributed by atoms with Crippen LogP contribution in [0.4, 0.5) is 14.6 Å². The molecule has 0 aliphatic carbocycles. The van der Waals surface area contributed by atoms with Crippen molar-refractivity contribution >= 4 is 5.82 Å². The maximum Gasteiger partial charge on any atom is 0.370 e. The van der Waals surface area contributed by atoms with E-state index < -0.39 is 29.5 Å². The molecule has 0 unspecified atom stereocenters. The minimum Gasteiger partial charge on any atom is -0.391 e. The summed E-state index contributed by atoms with van der Waals surface area (Å²) in [6, 6.07) is 2.22. The average molecular weight is 229 g/mol. The molecule has 1 N–H and O–H groups in total. The second kappa shape index (κ2) is 4.59. The topological polar surface area (TPSA) is 100 Å². The number of halogens is 2. The second-order valence-electron chi connectivity index (χ2n) is 2.72. The lowest BCUT2D eigenvalue weighted by Gasteiger charge is -2.03. The van der Waals surface area contributed by atoms with Crippen LogP contribution in [-0.2, 0) is 6.61 Å². The Bertz CT molecular complexity index is 470. The third-order valence-electron chi connectivity index (χ3n) is 1.80. The Hall–Kier alpha value is -2.14. The van der Waals surface area contributed by atoms with Gasteiger partial charge in [0.25, 0.3) is 0 Å². The zero-order valence-corrected chi connectivity index (χ0v) is 7.72. The van der Waals surface area contributed by atoms with Gasteiger partial charge in [-0.15, -0.1) is 0 Å². The number of nitro groups is 1. The molecule has 1 rings (SSSR count). The van der Waals surface area contributed by atoms with Gasteiger partial charge in [0.05, 0.1) is 23.8 Å². The second-order valence-corrected chi connectivity index (χ2v) is 2.72. The summed E-state index contributed by atoms with van der Waals surface area (Å²) >= 11 is 0. The van der Waals surface area contributed by atoms with Crippen molar-refractivity contribution < 1.29 is 18.8 Å². The molecular formula is C8H5F2N3O3. The molecule has 0 fully saturated rings. The summed E-state index contributed by atoms with van der Waals surface area (Å²) in [5, 5.41) is 27.9. The molecule has 0 saturated carbocycles. The molecule has 0 saturated heterocycles. The molecule has 0 aromatic carbocycles. The van der Waals surface area contributed by atoms with E-state index in [1.807, 2.05) is 0 Å². The number of aliphatic hydroxyl groups excluding tert-OH is 1. The van der Waals surface area contributed by atoms with Crippen LogP contribution in [0.15, 0.2) is 6.07 Å². The number of rotatable bonds is 3. The monoisotopic (exact) mass is 229 g/mol. The highest BCUT2D eigenvalue weighted by atomic mass is 19.3. The van der Waals surface area contributed by atoms with Gasteiger partial charge in [-0.2, -0.15) is 5.26 Å². The summed E-state index contributed by atoms with van der Waals surface area (Å²) in [6.45, 7) is -0.810. The summed E-state index contributed by atoms with van der Waals surface area (Å²) in [6.07, 6.45) is -3.02. The van der Waals surface area contributed by atoms with Crippen molar-refractivity contribution in [3.63, 3.8) is 0 Å². The predicted molar refractivity (Wildman–Crippen MR) is 46.5 cm³/mol. The van der Waals surface area contributed by atoms with E-state index in [0.717, 1.165) is 6.07 Å². The Morgan fingerprint density at radius 2 is 2.31 bits per heavy atom. The largest absolute Gasteiger partial charge is 0.391 e. The molecule has 0 amide bonds. The summed E-state index contributed by atoms with van der Waals surface area (Å²) in [5.74, 6) is -0.920. The first-order valence-electron chi connectivity index (χ1n) is 3.98. The summed E-state index contributed by atoms with van der Waals surface area (Å²) in [5.41, 5.74) is -1.60. The number of alkyl halides is 2. The van der Waals surface area contributed by atoms with Crippen molar-refractivity contribution in [1.29, 1.82) is 5.26 Å². The van der Waals surface area contributed by atoms with Crippen molar-refractivity contribution in [2.45, 2.75) is 13.0 Å². The van der Waals surface area contributed by atoms with Gasteiger partial charge in [-0.05, 0) is 9.91 Å². The number of nitriles is 1. The zero-order valence-electron chi connectivity index (χ0n) is 7.72. The fraction of sp³-hybridized carbons (Fsp3) is 0.250. The molecule has 6 nitrogen and oxygen atoms in total. The van der Waals surface area contributed by atoms with Gasteiger partial charge >= 0.3 is 12.2 Å². The number of aliphatic hydroxyl groups is 1. The van der Waals surface area contributed by atoms with Crippen LogP contribution < -0.4 is 0 Å². The van der Waals surface area contributed by atoms with Gasteiger partial charge in [-0.25, -0.2) is 8.78 Å². The van der Waals surface area contributed by atoms with Crippen LogP contribution >= 0.6 is 0 Å². The van der Waals surface area contributed by atoms with Crippen LogP contribution in [0, 0.1) is 21.4 Å². The van der Waals surface area contributed by atoms with Gasteiger partial charge in [0, 0.05) is 6.07 Å². The fourth-order valence-corrected chi connectivity index (χ4v) is 1.10. The Balaban J connectivity index is 3.51. The van der Waals surface area contributed by atoms with Gasteiger partial charge in [0.15, 0.2) is 0 Å². The van der Waals surface area contributed by atoms with Gasteiger partial charge in [-0.1, -0.05) is 0 Å². The third-order valence-corrected chi connectivity index (χ3v) is 1.80. The quantitative estimate of drug-likeness (QED) is 0.621. The van der Waals surface area contributed by atoms with Crippen molar-refractivity contribution in [3.8, 4) is 6.07 Å². The number of nitrogens with zero attached hydrogens (tertiary/aromatic N) is 3. The van der Waals surface area contributed by atoms with Crippen LogP contribution in [0.2, 0.25) is 0 Å². The minimum absolute atomic E-state index is 0.364. The van der Waals surface area contributed by atoms with Crippen molar-refractivity contribution in [1.82, 2.24) is 4.98 Å². The molecule has 0 aliphatic heterocycles. The van der Waals surface area contributed by atoms with Crippen LogP contribution in [-0.4, -0.2) is 15.0 Å². The van der Waals surface area contributed by atoms with E-state index in [4.69, 9.17) is 10.4 Å². The Labute approximate surface area is 87.9 Å². The first-order chi connectivity index (χ1) is 7.51. The number of hydrogen-bond acceptors (Lipinski definition) is 5. The van der Waals surface area contributed by atoms with Crippen molar-refractivity contribution in [3.05, 3.63) is 33.0 Å². The van der Waals surface area contributed by atoms with E-state index in [2.05, 4.69) is 4.98 Å². The summed E-state index contributed by atoms with van der Waals surface area (Å²) in [7, 11) is 0. The maximum atomic E-state index is 12.3. The molecule has 0 atom stereocenters. The lowest BCUT2D eigenvalue weighted by atomic mass is 10.1. The third kappa shape index (κ3) is 2.09. The SMILES string of the molecule is N#Cc1cc(C(F)F)nc([N+](=O)[O-])c1CO. The molecule has 0 radical (unpaired) electrons. The maximum absolute atomic E-state index is 12.3. The molecule has 16 heavy (non-hydrogen) atoms. The van der Waals surface area contributed by atoms with Crippen LogP contribution in [0.3, 0.4) is 0 Å². The number of aromatic nitrogens is 1. The smallest absolute Gasteiger partial charge is 0.370 e. The molecule has 0 spiro atoms. The lowest BCUT2D eigenvalue weighted by Crippen LogP contribution is -2.05. The Morgan fingerprint density at radius 1 is 1.69 bits per heavy atom. The Morgan fingerprint density at radius 3 is 2.69 bits per heavy atom. The van der Waals surface area contributed by atoms with Gasteiger partial charge in [0.1, 0.15) is 0 Å². The van der Waals surface area contributed by atoms with Crippen LogP contribution in [0.1, 0.15) is 23.2 Å². The minimum atomic E-state index is -3.02. The van der Waals surface area contributed by atoms with E-state index in [1.165, 1.54) is 6.07 Å². The van der Waals surface area contributed by atoms with E-state index in [0.29, 0.717) is 0 Å². The summed E-state index contributed by atoms with van der Waals surface area (Å²) in [4.78, 5) is 12.6. The van der Waals surface area contributed by atoms with Crippen LogP contribution in [0.5, 0.6) is 0 Å². The average Bonchev–Trinajstić information content (AvgIpc) is 2.26. The van der Waals surface area contributed by atoms with E-state index in [-0.39, 0.29) is 11.1 Å². The lowest BCUT2D eigenvalue weighted by molar-refractivity contribution is -0.390. The van der Waals surface area contributed by atoms with E-state index >= 15 is 0 Å². The molecule has 84 valence electrons. The molecule has 1 heterocycles. The molecule has 0 aliphatic rings. The number of hydrogen-bond donors (Lipinski definition) is 1. The van der Waals surface area contributed by atoms with Gasteiger partial charge in [0.2, 0.25) is 5.69 Å². The first-order valence-corrected chi connectivity index (χ1v) is 3.98. The highest BCUT2D eigenvalue weighted by Gasteiger charge is 2.25. The summed E-state index contributed by atoms with van der Waals surface area (Å²) < 4.78 is 24.6. The molecule has 1 aromatic rings. The first kappa shape index (κ1) is 11.9. The Kier molecular flexibility index (Phi) is 3.42. The van der Waals surface area contributed by atoms with E-state index in [1.54, 1.807) is 0 Å². The number of pyridine rings is 1. The van der Waals surface area contributed by atoms with Gasteiger partial charge in [-0.3, -0.25) is 0 Å². The standard InChI is InChI=1S/C8H5F2N3O3/c9-7(10)6-1-4(2-11)5(3-14)8(12-6)13(15)16/h1,7,14H,3H2. The molecule has 0 bridgehead atoms. The fourth-order valence-electron chi connectivity index (χ4n) is 1.10. The van der Waals surface area contributed by atoms with Crippen molar-refractivity contribution in [2.24, 2.45) is 0 Å². The van der Waals surface area contributed by atoms with Crippen molar-refractivity contribution in [2.75, 3.05) is 0 Å². The molecule has 1 aromatic heterocycles. The highest BCUT2D eigenvalue weighted by molar-refractivity contribution is 5.47. The van der Waals surface area contributed by atoms with Crippen LogP contribution in [0.25, 0.3) is 0 Å². The highest BCUT2D eigenvalue weighted by Crippen LogP contribution is 2.25. The molecule has 8 heteroatoms.